The summed E-state index contributed by atoms with van der Waals surface area (Å²) in [5, 5.41) is 10.4. The third-order valence-electron chi connectivity index (χ3n) is 5.47. The number of hydrogen-bond acceptors (Lipinski definition) is 2. The number of nitrogens with zero attached hydrogens (tertiary/aromatic N) is 1. The van der Waals surface area contributed by atoms with Crippen LogP contribution >= 0.6 is 0 Å². The van der Waals surface area contributed by atoms with E-state index in [0.29, 0.717) is 18.1 Å². The molecule has 0 radical (unpaired) electrons. The quantitative estimate of drug-likeness (QED) is 0.833. The predicted molar refractivity (Wildman–Crippen MR) is 76.6 cm³/mol. The van der Waals surface area contributed by atoms with E-state index in [-0.39, 0.29) is 6.10 Å². The van der Waals surface area contributed by atoms with Crippen molar-refractivity contribution >= 4 is 0 Å². The summed E-state index contributed by atoms with van der Waals surface area (Å²) in [7, 11) is 0. The summed E-state index contributed by atoms with van der Waals surface area (Å²) in [5.74, 6) is 1.57. The maximum atomic E-state index is 10.4. The molecular formula is C16H31NO. The molecule has 1 heterocycles. The lowest BCUT2D eigenvalue weighted by Crippen LogP contribution is -2.52. The molecule has 0 aromatic heterocycles. The van der Waals surface area contributed by atoms with E-state index in [0.717, 1.165) is 18.3 Å². The topological polar surface area (TPSA) is 23.5 Å². The maximum absolute atomic E-state index is 10.4. The van der Waals surface area contributed by atoms with E-state index >= 15 is 0 Å². The van der Waals surface area contributed by atoms with Crippen molar-refractivity contribution in [2.75, 3.05) is 0 Å². The summed E-state index contributed by atoms with van der Waals surface area (Å²) in [6.07, 6.45) is 7.22. The first-order chi connectivity index (χ1) is 8.54. The van der Waals surface area contributed by atoms with Crippen LogP contribution in [0.1, 0.15) is 66.2 Å². The fourth-order valence-corrected chi connectivity index (χ4v) is 4.19. The fourth-order valence-electron chi connectivity index (χ4n) is 4.19. The lowest BCUT2D eigenvalue weighted by molar-refractivity contribution is -0.0242. The van der Waals surface area contributed by atoms with Crippen LogP contribution in [0.5, 0.6) is 0 Å². The second-order valence-electron chi connectivity index (χ2n) is 6.89. The minimum absolute atomic E-state index is 0.0883. The maximum Gasteiger partial charge on any atom is 0.0695 e. The minimum Gasteiger partial charge on any atom is -0.391 e. The molecule has 5 atom stereocenters. The largest absolute Gasteiger partial charge is 0.391 e. The average Bonchev–Trinajstić information content (AvgIpc) is 2.71. The van der Waals surface area contributed by atoms with E-state index < -0.39 is 0 Å². The SMILES string of the molecule is CCC1CCC(C)N1C1CC(C(C)C)CCC1O. The minimum atomic E-state index is -0.0883. The Balaban J connectivity index is 2.08. The predicted octanol–water partition coefficient (Wildman–Crippen LogP) is 3.43. The Hall–Kier alpha value is -0.0800. The fraction of sp³-hybridized carbons (Fsp3) is 1.00. The van der Waals surface area contributed by atoms with Crippen LogP contribution in [0.3, 0.4) is 0 Å². The summed E-state index contributed by atoms with van der Waals surface area (Å²) in [4.78, 5) is 2.67. The van der Waals surface area contributed by atoms with Gasteiger partial charge in [0.2, 0.25) is 0 Å². The van der Waals surface area contributed by atoms with Crippen molar-refractivity contribution in [1.29, 1.82) is 0 Å². The highest BCUT2D eigenvalue weighted by atomic mass is 16.3. The zero-order valence-electron chi connectivity index (χ0n) is 12.6. The van der Waals surface area contributed by atoms with Crippen LogP contribution < -0.4 is 0 Å². The van der Waals surface area contributed by atoms with Gasteiger partial charge >= 0.3 is 0 Å². The molecule has 18 heavy (non-hydrogen) atoms. The lowest BCUT2D eigenvalue weighted by atomic mass is 9.77. The lowest BCUT2D eigenvalue weighted by Gasteiger charge is -2.44. The molecule has 1 aliphatic carbocycles. The van der Waals surface area contributed by atoms with E-state index in [9.17, 15) is 5.11 Å². The van der Waals surface area contributed by atoms with Gasteiger partial charge in [-0.3, -0.25) is 4.90 Å². The number of aliphatic hydroxyl groups is 1. The number of likely N-dealkylation sites (tertiary alicyclic amines) is 1. The molecule has 2 rings (SSSR count). The first kappa shape index (κ1) is 14.3. The second kappa shape index (κ2) is 5.92. The molecule has 0 amide bonds. The average molecular weight is 253 g/mol. The van der Waals surface area contributed by atoms with Crippen molar-refractivity contribution in [3.63, 3.8) is 0 Å². The molecule has 0 aromatic carbocycles. The second-order valence-corrected chi connectivity index (χ2v) is 6.89. The van der Waals surface area contributed by atoms with Crippen LogP contribution in [0.15, 0.2) is 0 Å². The van der Waals surface area contributed by atoms with Crippen LogP contribution in [0, 0.1) is 11.8 Å². The van der Waals surface area contributed by atoms with Gasteiger partial charge in [-0.05, 0) is 57.3 Å². The van der Waals surface area contributed by atoms with Crippen LogP contribution in [0.2, 0.25) is 0 Å². The van der Waals surface area contributed by atoms with E-state index in [4.69, 9.17) is 0 Å². The van der Waals surface area contributed by atoms with Crippen molar-refractivity contribution < 1.29 is 5.11 Å². The van der Waals surface area contributed by atoms with Crippen LogP contribution in [-0.4, -0.2) is 34.2 Å². The van der Waals surface area contributed by atoms with Crippen LogP contribution in [0.4, 0.5) is 0 Å². The molecule has 106 valence electrons. The molecule has 1 saturated heterocycles. The number of hydrogen-bond donors (Lipinski definition) is 1. The van der Waals surface area contributed by atoms with Crippen molar-refractivity contribution in [3.05, 3.63) is 0 Å². The highest BCUT2D eigenvalue weighted by Gasteiger charge is 2.41. The van der Waals surface area contributed by atoms with Crippen molar-refractivity contribution in [3.8, 4) is 0 Å². The number of aliphatic hydroxyl groups excluding tert-OH is 1. The Morgan fingerprint density at radius 2 is 1.89 bits per heavy atom. The van der Waals surface area contributed by atoms with Crippen molar-refractivity contribution in [1.82, 2.24) is 4.90 Å². The van der Waals surface area contributed by atoms with Gasteiger partial charge in [0.25, 0.3) is 0 Å². The molecule has 2 fully saturated rings. The van der Waals surface area contributed by atoms with Crippen molar-refractivity contribution in [2.24, 2.45) is 11.8 Å². The van der Waals surface area contributed by atoms with E-state index in [2.05, 4.69) is 32.6 Å². The molecule has 0 spiro atoms. The van der Waals surface area contributed by atoms with Crippen molar-refractivity contribution in [2.45, 2.75) is 90.4 Å². The Bertz CT molecular complexity index is 266. The van der Waals surface area contributed by atoms with Crippen LogP contribution in [-0.2, 0) is 0 Å². The first-order valence-corrected chi connectivity index (χ1v) is 8.00. The van der Waals surface area contributed by atoms with E-state index in [1.54, 1.807) is 0 Å². The van der Waals surface area contributed by atoms with Gasteiger partial charge in [-0.2, -0.15) is 0 Å². The summed E-state index contributed by atoms with van der Waals surface area (Å²) >= 11 is 0. The Morgan fingerprint density at radius 1 is 1.17 bits per heavy atom. The normalized spacial score (nSPS) is 42.7. The molecule has 0 bridgehead atoms. The zero-order chi connectivity index (χ0) is 13.3. The number of rotatable bonds is 3. The smallest absolute Gasteiger partial charge is 0.0695 e. The van der Waals surface area contributed by atoms with Gasteiger partial charge in [0.05, 0.1) is 6.10 Å². The van der Waals surface area contributed by atoms with Gasteiger partial charge in [0, 0.05) is 18.1 Å². The Kier molecular flexibility index (Phi) is 4.71. The molecule has 2 aliphatic rings. The zero-order valence-corrected chi connectivity index (χ0v) is 12.6. The van der Waals surface area contributed by atoms with Gasteiger partial charge in [-0.25, -0.2) is 0 Å². The summed E-state index contributed by atoms with van der Waals surface area (Å²) < 4.78 is 0. The molecule has 1 N–H and O–H groups in total. The molecular weight excluding hydrogens is 222 g/mol. The molecule has 2 heteroatoms. The molecule has 0 aromatic rings. The summed E-state index contributed by atoms with van der Waals surface area (Å²) in [6.45, 7) is 9.32. The molecule has 1 aliphatic heterocycles. The standard InChI is InChI=1S/C16H31NO/c1-5-14-8-6-12(4)17(14)15-10-13(11(2)3)7-9-16(15)18/h11-16,18H,5-10H2,1-4H3. The molecule has 5 unspecified atom stereocenters. The monoisotopic (exact) mass is 253 g/mol. The third-order valence-corrected chi connectivity index (χ3v) is 5.47. The van der Waals surface area contributed by atoms with Gasteiger partial charge in [0.15, 0.2) is 0 Å². The molecule has 2 nitrogen and oxygen atoms in total. The van der Waals surface area contributed by atoms with E-state index in [1.807, 2.05) is 0 Å². The van der Waals surface area contributed by atoms with E-state index in [1.165, 1.54) is 32.1 Å². The highest BCUT2D eigenvalue weighted by Crippen LogP contribution is 2.38. The van der Waals surface area contributed by atoms with Gasteiger partial charge < -0.3 is 5.11 Å². The van der Waals surface area contributed by atoms with Gasteiger partial charge in [-0.1, -0.05) is 20.8 Å². The Labute approximate surface area is 113 Å². The van der Waals surface area contributed by atoms with Crippen LogP contribution in [0.25, 0.3) is 0 Å². The summed E-state index contributed by atoms with van der Waals surface area (Å²) in [5.41, 5.74) is 0. The van der Waals surface area contributed by atoms with Gasteiger partial charge in [0.1, 0.15) is 0 Å². The summed E-state index contributed by atoms with van der Waals surface area (Å²) in [6, 6.07) is 1.81. The van der Waals surface area contributed by atoms with Gasteiger partial charge in [-0.15, -0.1) is 0 Å². The molecule has 1 saturated carbocycles. The third kappa shape index (κ3) is 2.75. The first-order valence-electron chi connectivity index (χ1n) is 8.00. The Morgan fingerprint density at radius 3 is 2.50 bits per heavy atom. The highest BCUT2D eigenvalue weighted by molar-refractivity contribution is 4.95.